The molecule has 2 unspecified atom stereocenters. The second kappa shape index (κ2) is 6.66. The van der Waals surface area contributed by atoms with Gasteiger partial charge in [0.2, 0.25) is 0 Å². The molecular weight excluding hydrogens is 268 g/mol. The van der Waals surface area contributed by atoms with Crippen LogP contribution in [0.25, 0.3) is 0 Å². The van der Waals surface area contributed by atoms with E-state index in [1.54, 1.807) is 0 Å². The summed E-state index contributed by atoms with van der Waals surface area (Å²) < 4.78 is 5.67. The lowest BCUT2D eigenvalue weighted by Gasteiger charge is -2.37. The molecule has 0 aliphatic heterocycles. The van der Waals surface area contributed by atoms with Crippen molar-refractivity contribution in [1.82, 2.24) is 0 Å². The van der Waals surface area contributed by atoms with Crippen LogP contribution < -0.4 is 0 Å². The van der Waals surface area contributed by atoms with Crippen LogP contribution >= 0.6 is 0 Å². The average molecular weight is 298 g/mol. The number of carbonyl (C=O) groups excluding carboxylic acids is 1. The van der Waals surface area contributed by atoms with Crippen LogP contribution in [-0.2, 0) is 9.53 Å². The van der Waals surface area contributed by atoms with E-state index in [0.717, 1.165) is 44.9 Å². The summed E-state index contributed by atoms with van der Waals surface area (Å²) >= 11 is 0. The Morgan fingerprint density at radius 1 is 1.10 bits per heavy atom. The van der Waals surface area contributed by atoms with Gasteiger partial charge in [0.25, 0.3) is 0 Å². The highest BCUT2D eigenvalue weighted by Crippen LogP contribution is 2.41. The number of hydrogen-bond donors (Lipinski definition) is 2. The van der Waals surface area contributed by atoms with Gasteiger partial charge >= 0.3 is 5.97 Å². The topological polar surface area (TPSA) is 66.8 Å². The van der Waals surface area contributed by atoms with Gasteiger partial charge in [-0.2, -0.15) is 0 Å². The third-order valence-corrected chi connectivity index (χ3v) is 5.44. The van der Waals surface area contributed by atoms with Gasteiger partial charge in [-0.3, -0.25) is 4.79 Å². The van der Waals surface area contributed by atoms with E-state index in [0.29, 0.717) is 19.3 Å². The fourth-order valence-electron chi connectivity index (χ4n) is 3.66. The molecule has 2 aliphatic carbocycles. The van der Waals surface area contributed by atoms with Gasteiger partial charge in [-0.15, -0.1) is 0 Å². The van der Waals surface area contributed by atoms with Crippen LogP contribution in [0.1, 0.15) is 78.1 Å². The van der Waals surface area contributed by atoms with Crippen molar-refractivity contribution in [2.75, 3.05) is 0 Å². The summed E-state index contributed by atoms with van der Waals surface area (Å²) in [7, 11) is 0. The van der Waals surface area contributed by atoms with Crippen molar-refractivity contribution in [1.29, 1.82) is 0 Å². The second-order valence-electron chi connectivity index (χ2n) is 7.18. The molecule has 4 nitrogen and oxygen atoms in total. The molecule has 122 valence electrons. The van der Waals surface area contributed by atoms with E-state index in [4.69, 9.17) is 4.74 Å². The maximum atomic E-state index is 12.1. The van der Waals surface area contributed by atoms with Crippen LogP contribution in [0, 0.1) is 5.92 Å². The van der Waals surface area contributed by atoms with Crippen molar-refractivity contribution in [3.05, 3.63) is 0 Å². The van der Waals surface area contributed by atoms with E-state index in [9.17, 15) is 15.0 Å². The van der Waals surface area contributed by atoms with Crippen LogP contribution in [0.3, 0.4) is 0 Å². The molecule has 2 fully saturated rings. The van der Waals surface area contributed by atoms with Gasteiger partial charge in [-0.25, -0.2) is 0 Å². The van der Waals surface area contributed by atoms with Crippen molar-refractivity contribution in [2.24, 2.45) is 5.92 Å². The Balaban J connectivity index is 2.08. The summed E-state index contributed by atoms with van der Waals surface area (Å²) in [6.07, 6.45) is 7.34. The molecule has 0 aromatic heterocycles. The monoisotopic (exact) mass is 298 g/mol. The molecule has 2 aliphatic rings. The first-order valence-corrected chi connectivity index (χ1v) is 8.54. The first-order valence-electron chi connectivity index (χ1n) is 8.54. The molecule has 2 N–H and O–H groups in total. The lowest BCUT2D eigenvalue weighted by atomic mass is 9.84. The number of esters is 1. The fraction of sp³-hybridized carbons (Fsp3) is 0.941. The maximum absolute atomic E-state index is 12.1. The zero-order valence-corrected chi connectivity index (χ0v) is 13.4. The maximum Gasteiger partial charge on any atom is 0.309 e. The summed E-state index contributed by atoms with van der Waals surface area (Å²) in [4.78, 5) is 12.1. The highest BCUT2D eigenvalue weighted by molar-refractivity contribution is 5.72. The van der Waals surface area contributed by atoms with Crippen LogP contribution in [-0.4, -0.2) is 33.5 Å². The van der Waals surface area contributed by atoms with Gasteiger partial charge in [0, 0.05) is 6.42 Å². The van der Waals surface area contributed by atoms with Crippen molar-refractivity contribution < 1.29 is 19.7 Å². The third kappa shape index (κ3) is 3.98. The predicted octanol–water partition coefficient (Wildman–Crippen LogP) is 2.94. The molecule has 0 aromatic rings. The largest absolute Gasteiger partial charge is 0.459 e. The average Bonchev–Trinajstić information content (AvgIpc) is 3.07. The van der Waals surface area contributed by atoms with Crippen molar-refractivity contribution in [3.8, 4) is 0 Å². The lowest BCUT2D eigenvalue weighted by molar-refractivity contribution is -0.176. The molecule has 0 bridgehead atoms. The van der Waals surface area contributed by atoms with Crippen LogP contribution in [0.5, 0.6) is 0 Å². The van der Waals surface area contributed by atoms with Gasteiger partial charge in [-0.1, -0.05) is 39.5 Å². The molecule has 0 amide bonds. The van der Waals surface area contributed by atoms with E-state index in [2.05, 4.69) is 0 Å². The first kappa shape index (κ1) is 16.8. The smallest absolute Gasteiger partial charge is 0.309 e. The highest BCUT2D eigenvalue weighted by atomic mass is 16.6. The predicted molar refractivity (Wildman–Crippen MR) is 80.8 cm³/mol. The van der Waals surface area contributed by atoms with Gasteiger partial charge in [0.1, 0.15) is 11.7 Å². The molecule has 4 heteroatoms. The first-order chi connectivity index (χ1) is 9.88. The molecule has 0 heterocycles. The van der Waals surface area contributed by atoms with Crippen LogP contribution in [0.15, 0.2) is 0 Å². The zero-order chi connectivity index (χ0) is 15.5. The minimum atomic E-state index is -0.943. The zero-order valence-electron chi connectivity index (χ0n) is 13.4. The Kier molecular flexibility index (Phi) is 5.31. The Hall–Kier alpha value is -0.610. The normalized spacial score (nSPS) is 26.5. The number of aliphatic hydroxyl groups is 2. The standard InChI is InChI=1S/C17H30O4/c1-3-13(2)15(18)21-14(17(20)10-6-7-11-17)12-16(19)8-4-5-9-16/h13-14,19-20H,3-12H2,1-2H3. The van der Waals surface area contributed by atoms with E-state index in [1.807, 2.05) is 13.8 Å². The number of ether oxygens (including phenoxy) is 1. The Bertz CT molecular complexity index is 354. The fourth-order valence-corrected chi connectivity index (χ4v) is 3.66. The van der Waals surface area contributed by atoms with Gasteiger partial charge < -0.3 is 14.9 Å². The van der Waals surface area contributed by atoms with Gasteiger partial charge in [0.15, 0.2) is 0 Å². The number of carbonyl (C=O) groups is 1. The Morgan fingerprint density at radius 3 is 2.14 bits per heavy atom. The Labute approximate surface area is 127 Å². The third-order valence-electron chi connectivity index (χ3n) is 5.44. The van der Waals surface area contributed by atoms with E-state index >= 15 is 0 Å². The van der Waals surface area contributed by atoms with Crippen molar-refractivity contribution >= 4 is 5.97 Å². The molecule has 0 radical (unpaired) electrons. The van der Waals surface area contributed by atoms with Gasteiger partial charge in [0.05, 0.1) is 11.5 Å². The SMILES string of the molecule is CCC(C)C(=O)OC(CC1(O)CCCC1)C1(O)CCCC1. The van der Waals surface area contributed by atoms with Crippen LogP contribution in [0.2, 0.25) is 0 Å². The van der Waals surface area contributed by atoms with Gasteiger partial charge in [-0.05, 0) is 32.1 Å². The molecular formula is C17H30O4. The van der Waals surface area contributed by atoms with Crippen LogP contribution in [0.4, 0.5) is 0 Å². The second-order valence-corrected chi connectivity index (χ2v) is 7.18. The minimum absolute atomic E-state index is 0.157. The molecule has 0 aromatic carbocycles. The molecule has 2 saturated carbocycles. The Morgan fingerprint density at radius 2 is 1.62 bits per heavy atom. The summed E-state index contributed by atoms with van der Waals surface area (Å²) in [5.41, 5.74) is -1.71. The summed E-state index contributed by atoms with van der Waals surface area (Å²) in [5.74, 6) is -0.403. The summed E-state index contributed by atoms with van der Waals surface area (Å²) in [5, 5.41) is 21.5. The summed E-state index contributed by atoms with van der Waals surface area (Å²) in [6.45, 7) is 3.80. The van der Waals surface area contributed by atoms with Crippen molar-refractivity contribution in [3.63, 3.8) is 0 Å². The quantitative estimate of drug-likeness (QED) is 0.740. The van der Waals surface area contributed by atoms with E-state index in [-0.39, 0.29) is 11.9 Å². The van der Waals surface area contributed by atoms with E-state index < -0.39 is 17.3 Å². The molecule has 21 heavy (non-hydrogen) atoms. The number of hydrogen-bond acceptors (Lipinski definition) is 4. The lowest BCUT2D eigenvalue weighted by Crippen LogP contribution is -2.47. The minimum Gasteiger partial charge on any atom is -0.459 e. The number of rotatable bonds is 6. The molecule has 2 atom stereocenters. The highest BCUT2D eigenvalue weighted by Gasteiger charge is 2.46. The molecule has 0 saturated heterocycles. The molecule has 2 rings (SSSR count). The summed E-state index contributed by atoms with van der Waals surface area (Å²) in [6, 6.07) is 0. The van der Waals surface area contributed by atoms with E-state index in [1.165, 1.54) is 0 Å². The molecule has 0 spiro atoms. The van der Waals surface area contributed by atoms with Crippen molar-refractivity contribution in [2.45, 2.75) is 95.4 Å².